The topological polar surface area (TPSA) is 16.1 Å². The molecule has 1 aromatic carbocycles. The van der Waals surface area contributed by atoms with Gasteiger partial charge in [-0.25, -0.2) is 0 Å². The van der Waals surface area contributed by atoms with Crippen LogP contribution in [0.4, 0.5) is 0 Å². The molecule has 3 heteroatoms. The predicted molar refractivity (Wildman–Crippen MR) is 87.4 cm³/mol. The Morgan fingerprint density at radius 2 is 1.95 bits per heavy atom. The maximum atomic E-state index is 5.71. The molecule has 0 bridgehead atoms. The van der Waals surface area contributed by atoms with Gasteiger partial charge < -0.3 is 4.90 Å². The van der Waals surface area contributed by atoms with Gasteiger partial charge in [-0.2, -0.15) is 0 Å². The van der Waals surface area contributed by atoms with E-state index in [1.807, 2.05) is 0 Å². The van der Waals surface area contributed by atoms with Crippen LogP contribution in [0, 0.1) is 6.92 Å². The Labute approximate surface area is 126 Å². The van der Waals surface area contributed by atoms with Crippen molar-refractivity contribution in [3.05, 3.63) is 41.6 Å². The summed E-state index contributed by atoms with van der Waals surface area (Å²) < 4.78 is 0. The molecule has 108 valence electrons. The summed E-state index contributed by atoms with van der Waals surface area (Å²) in [6.07, 6.45) is 3.54. The zero-order valence-electron chi connectivity index (χ0n) is 12.4. The number of alkyl halides is 1. The van der Waals surface area contributed by atoms with Crippen molar-refractivity contribution < 1.29 is 0 Å². The van der Waals surface area contributed by atoms with E-state index in [9.17, 15) is 0 Å². The SMILES string of the molecule is Cc1cc(CN(C)CCCCCCl)c2ccccc2n1. The van der Waals surface area contributed by atoms with Crippen molar-refractivity contribution in [1.29, 1.82) is 0 Å². The summed E-state index contributed by atoms with van der Waals surface area (Å²) in [4.78, 5) is 6.98. The standard InChI is InChI=1S/C17H23ClN2/c1-14-12-15(13-20(2)11-7-3-6-10-18)16-8-4-5-9-17(16)19-14/h4-5,8-9,12H,3,6-7,10-11,13H2,1-2H3. The number of rotatable bonds is 7. The molecule has 0 saturated heterocycles. The Morgan fingerprint density at radius 1 is 1.15 bits per heavy atom. The van der Waals surface area contributed by atoms with Gasteiger partial charge in [0.2, 0.25) is 0 Å². The number of halogens is 1. The van der Waals surface area contributed by atoms with E-state index in [-0.39, 0.29) is 0 Å². The van der Waals surface area contributed by atoms with Crippen LogP contribution in [-0.4, -0.2) is 29.4 Å². The van der Waals surface area contributed by atoms with Gasteiger partial charge in [0, 0.05) is 23.5 Å². The van der Waals surface area contributed by atoms with Crippen molar-refractivity contribution >= 4 is 22.5 Å². The summed E-state index contributed by atoms with van der Waals surface area (Å²) in [6.45, 7) is 4.16. The van der Waals surface area contributed by atoms with Gasteiger partial charge in [-0.05, 0) is 51.1 Å². The zero-order valence-corrected chi connectivity index (χ0v) is 13.2. The summed E-state index contributed by atoms with van der Waals surface area (Å²) in [5, 5.41) is 1.27. The fraction of sp³-hybridized carbons (Fsp3) is 0.471. The molecular weight excluding hydrogens is 268 g/mol. The highest BCUT2D eigenvalue weighted by molar-refractivity contribution is 6.17. The second-order valence-electron chi connectivity index (χ2n) is 5.43. The fourth-order valence-corrected chi connectivity index (χ4v) is 2.74. The Bertz CT molecular complexity index is 554. The van der Waals surface area contributed by atoms with E-state index in [2.05, 4.69) is 54.2 Å². The minimum atomic E-state index is 0.776. The van der Waals surface area contributed by atoms with Gasteiger partial charge in [0.1, 0.15) is 0 Å². The van der Waals surface area contributed by atoms with Crippen LogP contribution in [0.2, 0.25) is 0 Å². The van der Waals surface area contributed by atoms with E-state index >= 15 is 0 Å². The van der Waals surface area contributed by atoms with Gasteiger partial charge in [-0.15, -0.1) is 11.6 Å². The normalized spacial score (nSPS) is 11.4. The van der Waals surface area contributed by atoms with Crippen molar-refractivity contribution in [3.63, 3.8) is 0 Å². The number of hydrogen-bond acceptors (Lipinski definition) is 2. The molecule has 0 fully saturated rings. The molecule has 2 aromatic rings. The molecule has 0 saturated carbocycles. The zero-order chi connectivity index (χ0) is 14.4. The third-order valence-corrected chi connectivity index (χ3v) is 3.81. The van der Waals surface area contributed by atoms with Gasteiger partial charge >= 0.3 is 0 Å². The Balaban J connectivity index is 2.05. The second kappa shape index (κ2) is 7.61. The minimum Gasteiger partial charge on any atom is -0.302 e. The summed E-state index contributed by atoms with van der Waals surface area (Å²) in [7, 11) is 2.19. The Hall–Kier alpha value is -1.12. The first-order valence-corrected chi connectivity index (χ1v) is 7.84. The van der Waals surface area contributed by atoms with E-state index in [0.717, 1.165) is 36.6 Å². The highest BCUT2D eigenvalue weighted by atomic mass is 35.5. The maximum Gasteiger partial charge on any atom is 0.0708 e. The smallest absolute Gasteiger partial charge is 0.0708 e. The highest BCUT2D eigenvalue weighted by Gasteiger charge is 2.06. The van der Waals surface area contributed by atoms with Crippen molar-refractivity contribution in [2.24, 2.45) is 0 Å². The monoisotopic (exact) mass is 290 g/mol. The van der Waals surface area contributed by atoms with Crippen molar-refractivity contribution in [3.8, 4) is 0 Å². The molecule has 0 N–H and O–H groups in total. The molecular formula is C17H23ClN2. The Kier molecular flexibility index (Phi) is 5.81. The lowest BCUT2D eigenvalue weighted by atomic mass is 10.1. The first-order chi connectivity index (χ1) is 9.70. The minimum absolute atomic E-state index is 0.776. The molecule has 1 heterocycles. The van der Waals surface area contributed by atoms with Crippen LogP contribution in [0.25, 0.3) is 10.9 Å². The lowest BCUT2D eigenvalue weighted by molar-refractivity contribution is 0.319. The number of aryl methyl sites for hydroxylation is 1. The lowest BCUT2D eigenvalue weighted by Crippen LogP contribution is -2.19. The third-order valence-electron chi connectivity index (χ3n) is 3.54. The fourth-order valence-electron chi connectivity index (χ4n) is 2.55. The molecule has 0 aliphatic rings. The van der Waals surface area contributed by atoms with Crippen LogP contribution in [0.1, 0.15) is 30.5 Å². The highest BCUT2D eigenvalue weighted by Crippen LogP contribution is 2.19. The van der Waals surface area contributed by atoms with Crippen molar-refractivity contribution in [2.75, 3.05) is 19.5 Å². The molecule has 0 unspecified atom stereocenters. The molecule has 0 radical (unpaired) electrons. The van der Waals surface area contributed by atoms with E-state index in [4.69, 9.17) is 11.6 Å². The van der Waals surface area contributed by atoms with Gasteiger partial charge in [-0.3, -0.25) is 4.98 Å². The van der Waals surface area contributed by atoms with Gasteiger partial charge in [0.25, 0.3) is 0 Å². The quantitative estimate of drug-likeness (QED) is 0.555. The lowest BCUT2D eigenvalue weighted by Gasteiger charge is -2.18. The maximum absolute atomic E-state index is 5.71. The largest absolute Gasteiger partial charge is 0.302 e. The number of unbranched alkanes of at least 4 members (excludes halogenated alkanes) is 2. The van der Waals surface area contributed by atoms with Crippen molar-refractivity contribution in [1.82, 2.24) is 9.88 Å². The van der Waals surface area contributed by atoms with E-state index in [1.54, 1.807) is 0 Å². The van der Waals surface area contributed by atoms with Crippen LogP contribution in [0.5, 0.6) is 0 Å². The molecule has 0 atom stereocenters. The van der Waals surface area contributed by atoms with Gasteiger partial charge in [0.15, 0.2) is 0 Å². The number of aromatic nitrogens is 1. The average Bonchev–Trinajstić information content (AvgIpc) is 2.43. The van der Waals surface area contributed by atoms with Crippen molar-refractivity contribution in [2.45, 2.75) is 32.7 Å². The second-order valence-corrected chi connectivity index (χ2v) is 5.81. The third kappa shape index (κ3) is 4.19. The van der Waals surface area contributed by atoms with E-state index in [0.29, 0.717) is 0 Å². The molecule has 2 rings (SSSR count). The first-order valence-electron chi connectivity index (χ1n) is 7.30. The molecule has 0 amide bonds. The number of fused-ring (bicyclic) bond motifs is 1. The van der Waals surface area contributed by atoms with Gasteiger partial charge in [-0.1, -0.05) is 24.6 Å². The summed E-state index contributed by atoms with van der Waals surface area (Å²) in [5.41, 5.74) is 3.56. The predicted octanol–water partition coefficient (Wildman–Crippen LogP) is 4.38. The molecule has 0 spiro atoms. The van der Waals surface area contributed by atoms with Crippen LogP contribution < -0.4 is 0 Å². The number of hydrogen-bond donors (Lipinski definition) is 0. The molecule has 20 heavy (non-hydrogen) atoms. The van der Waals surface area contributed by atoms with Gasteiger partial charge in [0.05, 0.1) is 5.52 Å². The summed E-state index contributed by atoms with van der Waals surface area (Å²) in [5.74, 6) is 0.776. The number of pyridine rings is 1. The summed E-state index contributed by atoms with van der Waals surface area (Å²) >= 11 is 5.71. The van der Waals surface area contributed by atoms with E-state index < -0.39 is 0 Å². The number of nitrogens with zero attached hydrogens (tertiary/aromatic N) is 2. The summed E-state index contributed by atoms with van der Waals surface area (Å²) in [6, 6.07) is 10.6. The molecule has 0 aliphatic carbocycles. The van der Waals surface area contributed by atoms with E-state index in [1.165, 1.54) is 23.8 Å². The van der Waals surface area contributed by atoms with Crippen LogP contribution in [-0.2, 0) is 6.54 Å². The first kappa shape index (κ1) is 15.3. The van der Waals surface area contributed by atoms with Crippen LogP contribution in [0.3, 0.4) is 0 Å². The average molecular weight is 291 g/mol. The Morgan fingerprint density at radius 3 is 2.75 bits per heavy atom. The van der Waals surface area contributed by atoms with Crippen LogP contribution in [0.15, 0.2) is 30.3 Å². The molecule has 0 aliphatic heterocycles. The number of benzene rings is 1. The molecule has 2 nitrogen and oxygen atoms in total. The molecule has 1 aromatic heterocycles. The number of para-hydroxylation sites is 1. The van der Waals surface area contributed by atoms with Crippen LogP contribution >= 0.6 is 11.6 Å².